The second-order valence-corrected chi connectivity index (χ2v) is 5.36. The van der Waals surface area contributed by atoms with Crippen molar-refractivity contribution in [2.24, 2.45) is 4.99 Å². The first-order valence-electron chi connectivity index (χ1n) is 6.90. The van der Waals surface area contributed by atoms with Gasteiger partial charge in [0.2, 0.25) is 0 Å². The highest BCUT2D eigenvalue weighted by molar-refractivity contribution is 5.87. The lowest BCUT2D eigenvalue weighted by molar-refractivity contribution is 1.21. The fourth-order valence-corrected chi connectivity index (χ4v) is 3.26. The molecule has 5 rings (SSSR count). The Morgan fingerprint density at radius 2 is 2.00 bits per heavy atom. The minimum atomic E-state index is 0.998. The molecule has 0 fully saturated rings. The molecule has 1 aliphatic carbocycles. The third-order valence-corrected chi connectivity index (χ3v) is 4.21. The van der Waals surface area contributed by atoms with Crippen LogP contribution in [0.15, 0.2) is 53.5 Å². The van der Waals surface area contributed by atoms with Crippen molar-refractivity contribution in [3.8, 4) is 0 Å². The number of hydrogen-bond acceptors (Lipinski definition) is 1. The van der Waals surface area contributed by atoms with Crippen LogP contribution in [-0.4, -0.2) is 4.98 Å². The van der Waals surface area contributed by atoms with Crippen molar-refractivity contribution in [3.63, 3.8) is 0 Å². The van der Waals surface area contributed by atoms with Gasteiger partial charge < -0.3 is 4.98 Å². The number of nitrogens with zero attached hydrogens (tertiary/aromatic N) is 1. The van der Waals surface area contributed by atoms with Crippen molar-refractivity contribution in [1.29, 1.82) is 0 Å². The van der Waals surface area contributed by atoms with Crippen molar-refractivity contribution in [1.82, 2.24) is 4.98 Å². The van der Waals surface area contributed by atoms with Gasteiger partial charge in [-0.2, -0.15) is 0 Å². The Labute approximate surface area is 115 Å². The molecule has 0 amide bonds. The average Bonchev–Trinajstić information content (AvgIpc) is 3.02. The Bertz CT molecular complexity index is 1110. The fraction of sp³-hybridized carbons (Fsp3) is 0.0556. The van der Waals surface area contributed by atoms with Crippen LogP contribution >= 0.6 is 0 Å². The van der Waals surface area contributed by atoms with E-state index in [-0.39, 0.29) is 0 Å². The molecule has 2 heteroatoms. The van der Waals surface area contributed by atoms with Gasteiger partial charge >= 0.3 is 0 Å². The highest BCUT2D eigenvalue weighted by atomic mass is 14.8. The molecule has 2 aromatic carbocycles. The third kappa shape index (κ3) is 1.21. The number of allylic oxidation sites excluding steroid dienone is 2. The van der Waals surface area contributed by atoms with E-state index in [9.17, 15) is 0 Å². The molecule has 0 bridgehead atoms. The van der Waals surface area contributed by atoms with Gasteiger partial charge in [-0.05, 0) is 36.3 Å². The number of fused-ring (bicyclic) bond motifs is 5. The summed E-state index contributed by atoms with van der Waals surface area (Å²) in [4.78, 5) is 8.28. The van der Waals surface area contributed by atoms with Gasteiger partial charge in [-0.1, -0.05) is 30.4 Å². The minimum absolute atomic E-state index is 0.998. The lowest BCUT2D eigenvalue weighted by Crippen LogP contribution is -2.08. The number of para-hydroxylation sites is 1. The summed E-state index contributed by atoms with van der Waals surface area (Å²) in [7, 11) is 0. The van der Waals surface area contributed by atoms with Crippen molar-refractivity contribution >= 4 is 22.7 Å². The molecule has 0 atom stereocenters. The van der Waals surface area contributed by atoms with E-state index in [1.807, 2.05) is 6.07 Å². The molecular formula is C18H12N2. The van der Waals surface area contributed by atoms with Gasteiger partial charge in [-0.15, -0.1) is 0 Å². The van der Waals surface area contributed by atoms with Crippen LogP contribution in [0.4, 0.5) is 5.69 Å². The summed E-state index contributed by atoms with van der Waals surface area (Å²) < 4.78 is 0. The predicted octanol–water partition coefficient (Wildman–Crippen LogP) is 2.61. The average molecular weight is 256 g/mol. The van der Waals surface area contributed by atoms with Gasteiger partial charge in [0.1, 0.15) is 0 Å². The zero-order chi connectivity index (χ0) is 13.1. The quantitative estimate of drug-likeness (QED) is 0.501. The summed E-state index contributed by atoms with van der Waals surface area (Å²) in [6.07, 6.45) is 7.46. The molecule has 0 radical (unpaired) electrons. The maximum atomic E-state index is 4.75. The van der Waals surface area contributed by atoms with E-state index in [0.29, 0.717) is 0 Å². The summed E-state index contributed by atoms with van der Waals surface area (Å²) >= 11 is 0. The number of benzene rings is 2. The standard InChI is InChI=1S/C18H12N2/c1-3-7-15-11(5-1)13-9-18-14(10-17(13)19-15)12-6-2-4-8-16(12)20-18/h1-5,7-10,20H,6H2. The van der Waals surface area contributed by atoms with Crippen molar-refractivity contribution in [2.45, 2.75) is 6.42 Å². The van der Waals surface area contributed by atoms with Crippen LogP contribution in [-0.2, 0) is 6.42 Å². The Morgan fingerprint density at radius 1 is 1.05 bits per heavy atom. The zero-order valence-electron chi connectivity index (χ0n) is 10.9. The van der Waals surface area contributed by atoms with Crippen LogP contribution in [0.5, 0.6) is 0 Å². The zero-order valence-corrected chi connectivity index (χ0v) is 10.9. The number of H-pyrrole nitrogens is 1. The van der Waals surface area contributed by atoms with E-state index in [2.05, 4.69) is 53.5 Å². The highest BCUT2D eigenvalue weighted by Crippen LogP contribution is 2.26. The van der Waals surface area contributed by atoms with E-state index >= 15 is 0 Å². The van der Waals surface area contributed by atoms with Crippen molar-refractivity contribution in [3.05, 3.63) is 75.3 Å². The van der Waals surface area contributed by atoms with Gasteiger partial charge in [0.25, 0.3) is 0 Å². The first-order valence-corrected chi connectivity index (χ1v) is 6.90. The van der Waals surface area contributed by atoms with E-state index in [1.165, 1.54) is 32.3 Å². The molecule has 2 heterocycles. The van der Waals surface area contributed by atoms with Crippen LogP contribution in [0.25, 0.3) is 17.0 Å². The van der Waals surface area contributed by atoms with Crippen LogP contribution in [0.2, 0.25) is 0 Å². The molecule has 3 aromatic rings. The molecule has 1 aromatic heterocycles. The SMILES string of the molecule is C1=CCc2c([nH]c3cc4c(cc23)N=c2ccccc2=4)=C1. The Hall–Kier alpha value is -2.61. The van der Waals surface area contributed by atoms with E-state index in [0.717, 1.165) is 17.5 Å². The van der Waals surface area contributed by atoms with Crippen LogP contribution < -0.4 is 10.7 Å². The van der Waals surface area contributed by atoms with Gasteiger partial charge in [0.05, 0.1) is 11.0 Å². The molecule has 0 saturated heterocycles. The fourth-order valence-electron chi connectivity index (χ4n) is 3.26. The molecule has 0 saturated carbocycles. The largest absolute Gasteiger partial charge is 0.355 e. The Kier molecular flexibility index (Phi) is 1.78. The molecule has 20 heavy (non-hydrogen) atoms. The van der Waals surface area contributed by atoms with Crippen LogP contribution in [0, 0.1) is 10.4 Å². The summed E-state index contributed by atoms with van der Waals surface area (Å²) in [5, 5.41) is 6.09. The molecule has 0 unspecified atom stereocenters. The molecule has 2 nitrogen and oxygen atoms in total. The lowest BCUT2D eigenvalue weighted by Gasteiger charge is -1.99. The van der Waals surface area contributed by atoms with Crippen LogP contribution in [0.1, 0.15) is 5.56 Å². The summed E-state index contributed by atoms with van der Waals surface area (Å²) in [5.74, 6) is 0. The number of aromatic nitrogens is 1. The second kappa shape index (κ2) is 3.48. The maximum Gasteiger partial charge on any atom is 0.0723 e. The lowest BCUT2D eigenvalue weighted by atomic mass is 10.0. The third-order valence-electron chi connectivity index (χ3n) is 4.21. The normalized spacial score (nSPS) is 14.4. The second-order valence-electron chi connectivity index (χ2n) is 5.36. The molecular weight excluding hydrogens is 244 g/mol. The number of hydrogen-bond donors (Lipinski definition) is 1. The summed E-state index contributed by atoms with van der Waals surface area (Å²) in [6, 6.07) is 12.8. The Morgan fingerprint density at radius 3 is 3.00 bits per heavy atom. The number of nitrogens with one attached hydrogen (secondary N) is 1. The maximum absolute atomic E-state index is 4.75. The van der Waals surface area contributed by atoms with E-state index in [1.54, 1.807) is 0 Å². The molecule has 2 aliphatic rings. The van der Waals surface area contributed by atoms with Gasteiger partial charge in [0.15, 0.2) is 0 Å². The minimum Gasteiger partial charge on any atom is -0.355 e. The van der Waals surface area contributed by atoms with Gasteiger partial charge in [0, 0.05) is 26.7 Å². The smallest absolute Gasteiger partial charge is 0.0723 e. The first kappa shape index (κ1) is 10.2. The molecule has 1 aliphatic heterocycles. The number of rotatable bonds is 0. The van der Waals surface area contributed by atoms with Crippen molar-refractivity contribution in [2.75, 3.05) is 0 Å². The van der Waals surface area contributed by atoms with Gasteiger partial charge in [-0.25, -0.2) is 4.99 Å². The van der Waals surface area contributed by atoms with Crippen molar-refractivity contribution < 1.29 is 0 Å². The predicted molar refractivity (Wildman–Crippen MR) is 80.2 cm³/mol. The van der Waals surface area contributed by atoms with E-state index in [4.69, 9.17) is 4.99 Å². The molecule has 0 spiro atoms. The monoisotopic (exact) mass is 256 g/mol. The molecule has 1 N–H and O–H groups in total. The summed E-state index contributed by atoms with van der Waals surface area (Å²) in [6.45, 7) is 0. The highest BCUT2D eigenvalue weighted by Gasteiger charge is 2.11. The molecule has 94 valence electrons. The summed E-state index contributed by atoms with van der Waals surface area (Å²) in [5.41, 5.74) is 3.69. The van der Waals surface area contributed by atoms with Gasteiger partial charge in [-0.3, -0.25) is 0 Å². The number of aromatic amines is 1. The Balaban J connectivity index is 2.01. The van der Waals surface area contributed by atoms with Crippen LogP contribution in [0.3, 0.4) is 0 Å². The first-order chi connectivity index (χ1) is 9.90. The van der Waals surface area contributed by atoms with E-state index < -0.39 is 0 Å². The topological polar surface area (TPSA) is 28.1 Å².